The summed E-state index contributed by atoms with van der Waals surface area (Å²) in [7, 11) is 1.42. The zero-order valence-electron chi connectivity index (χ0n) is 12.3. The maximum Gasteiger partial charge on any atom is 0.319 e. The quantitative estimate of drug-likeness (QED) is 0.793. The van der Waals surface area contributed by atoms with Crippen molar-refractivity contribution in [2.24, 2.45) is 0 Å². The number of carbonyl (C=O) groups excluding carboxylic acids is 1. The number of anilines is 1. The minimum atomic E-state index is -1.21. The standard InChI is InChI=1S/C16H16F2N2O3/c1-23-10-6-7-13(18)14(8-10)20-16(22)19-9-15(21)11-4-2-3-5-12(11)17/h2-8,15,21H,9H2,1H3,(H2,19,20,22). The number of hydrogen-bond donors (Lipinski definition) is 3. The molecule has 0 radical (unpaired) electrons. The van der Waals surface area contributed by atoms with Crippen LogP contribution in [0.25, 0.3) is 0 Å². The number of methoxy groups -OCH3 is 1. The molecule has 23 heavy (non-hydrogen) atoms. The lowest BCUT2D eigenvalue weighted by Gasteiger charge is -2.14. The Bertz CT molecular complexity index is 695. The molecule has 5 nitrogen and oxygen atoms in total. The second kappa shape index (κ2) is 7.55. The molecular formula is C16H16F2N2O3. The summed E-state index contributed by atoms with van der Waals surface area (Å²) in [6.45, 7) is -0.224. The number of ether oxygens (including phenoxy) is 1. The normalized spacial score (nSPS) is 11.7. The topological polar surface area (TPSA) is 70.6 Å². The van der Waals surface area contributed by atoms with Crippen LogP contribution in [0.5, 0.6) is 5.75 Å². The van der Waals surface area contributed by atoms with Crippen molar-refractivity contribution >= 4 is 11.7 Å². The molecule has 0 saturated heterocycles. The predicted molar refractivity (Wildman–Crippen MR) is 81.3 cm³/mol. The van der Waals surface area contributed by atoms with Crippen molar-refractivity contribution in [3.8, 4) is 5.75 Å². The second-order valence-electron chi connectivity index (χ2n) is 4.72. The molecule has 3 N–H and O–H groups in total. The molecular weight excluding hydrogens is 306 g/mol. The first-order valence-electron chi connectivity index (χ1n) is 6.82. The number of aliphatic hydroxyl groups is 1. The lowest BCUT2D eigenvalue weighted by molar-refractivity contribution is 0.170. The molecule has 122 valence electrons. The lowest BCUT2D eigenvalue weighted by Crippen LogP contribution is -2.32. The van der Waals surface area contributed by atoms with Gasteiger partial charge in [-0.25, -0.2) is 13.6 Å². The van der Waals surface area contributed by atoms with Crippen LogP contribution in [0.15, 0.2) is 42.5 Å². The van der Waals surface area contributed by atoms with Gasteiger partial charge in [-0.05, 0) is 18.2 Å². The van der Waals surface area contributed by atoms with Gasteiger partial charge in [0.1, 0.15) is 17.4 Å². The number of halogens is 2. The van der Waals surface area contributed by atoms with Crippen molar-refractivity contribution in [3.05, 3.63) is 59.7 Å². The number of urea groups is 1. The molecule has 0 aliphatic carbocycles. The van der Waals surface area contributed by atoms with E-state index in [2.05, 4.69) is 10.6 Å². The van der Waals surface area contributed by atoms with Crippen molar-refractivity contribution in [1.82, 2.24) is 5.32 Å². The highest BCUT2D eigenvalue weighted by molar-refractivity contribution is 5.89. The van der Waals surface area contributed by atoms with Gasteiger partial charge in [0.05, 0.1) is 18.9 Å². The van der Waals surface area contributed by atoms with Gasteiger partial charge in [0.15, 0.2) is 0 Å². The molecule has 0 saturated carbocycles. The molecule has 0 fully saturated rings. The van der Waals surface area contributed by atoms with Gasteiger partial charge in [-0.3, -0.25) is 0 Å². The van der Waals surface area contributed by atoms with E-state index in [1.807, 2.05) is 0 Å². The van der Waals surface area contributed by atoms with Gasteiger partial charge >= 0.3 is 6.03 Å². The minimum absolute atomic E-state index is 0.0674. The number of nitrogens with one attached hydrogen (secondary N) is 2. The molecule has 0 bridgehead atoms. The zero-order valence-corrected chi connectivity index (χ0v) is 12.3. The SMILES string of the molecule is COc1ccc(F)c(NC(=O)NCC(O)c2ccccc2F)c1. The number of rotatable bonds is 5. The third-order valence-corrected chi connectivity index (χ3v) is 3.14. The van der Waals surface area contributed by atoms with E-state index in [9.17, 15) is 18.7 Å². The van der Waals surface area contributed by atoms with Crippen LogP contribution >= 0.6 is 0 Å². The Morgan fingerprint density at radius 3 is 2.65 bits per heavy atom. The van der Waals surface area contributed by atoms with Crippen LogP contribution in [0.3, 0.4) is 0 Å². The molecule has 0 heterocycles. The molecule has 2 aromatic rings. The second-order valence-corrected chi connectivity index (χ2v) is 4.72. The molecule has 2 amide bonds. The molecule has 1 atom stereocenters. The Kier molecular flexibility index (Phi) is 5.48. The first kappa shape index (κ1) is 16.7. The smallest absolute Gasteiger partial charge is 0.319 e. The van der Waals surface area contributed by atoms with E-state index in [1.54, 1.807) is 6.07 Å². The van der Waals surface area contributed by atoms with E-state index in [-0.39, 0.29) is 17.8 Å². The summed E-state index contributed by atoms with van der Waals surface area (Å²) in [6, 6.07) is 8.87. The van der Waals surface area contributed by atoms with E-state index in [0.717, 1.165) is 6.07 Å². The van der Waals surface area contributed by atoms with Crippen molar-refractivity contribution in [1.29, 1.82) is 0 Å². The van der Waals surface area contributed by atoms with Gasteiger partial charge < -0.3 is 20.5 Å². The van der Waals surface area contributed by atoms with Crippen LogP contribution in [0, 0.1) is 11.6 Å². The monoisotopic (exact) mass is 322 g/mol. The van der Waals surface area contributed by atoms with Crippen molar-refractivity contribution < 1.29 is 23.4 Å². The predicted octanol–water partition coefficient (Wildman–Crippen LogP) is 2.83. The molecule has 2 aromatic carbocycles. The van der Waals surface area contributed by atoms with Crippen molar-refractivity contribution in [2.75, 3.05) is 19.0 Å². The number of benzene rings is 2. The van der Waals surface area contributed by atoms with E-state index in [0.29, 0.717) is 5.75 Å². The Balaban J connectivity index is 1.94. The summed E-state index contributed by atoms with van der Waals surface area (Å²) in [6.07, 6.45) is -1.21. The van der Waals surface area contributed by atoms with E-state index >= 15 is 0 Å². The summed E-state index contributed by atoms with van der Waals surface area (Å²) in [5.74, 6) is -0.815. The largest absolute Gasteiger partial charge is 0.497 e. The first-order valence-corrected chi connectivity index (χ1v) is 6.82. The fourth-order valence-electron chi connectivity index (χ4n) is 1.94. The zero-order chi connectivity index (χ0) is 16.8. The Morgan fingerprint density at radius 1 is 1.22 bits per heavy atom. The van der Waals surface area contributed by atoms with Crippen LogP contribution in [0.2, 0.25) is 0 Å². The highest BCUT2D eigenvalue weighted by Crippen LogP contribution is 2.21. The Hall–Kier alpha value is -2.67. The summed E-state index contributed by atoms with van der Waals surface area (Å²) in [5, 5.41) is 14.5. The van der Waals surface area contributed by atoms with Gasteiger partial charge in [0.25, 0.3) is 0 Å². The van der Waals surface area contributed by atoms with Gasteiger partial charge in [-0.2, -0.15) is 0 Å². The maximum atomic E-state index is 13.6. The average molecular weight is 322 g/mol. The molecule has 1 unspecified atom stereocenters. The van der Waals surface area contributed by atoms with Crippen molar-refractivity contribution in [3.63, 3.8) is 0 Å². The molecule has 7 heteroatoms. The Labute approximate surface area is 131 Å². The van der Waals surface area contributed by atoms with Crippen LogP contribution in [0.1, 0.15) is 11.7 Å². The summed E-state index contributed by atoms with van der Waals surface area (Å²) in [4.78, 5) is 11.8. The van der Waals surface area contributed by atoms with E-state index < -0.39 is 23.8 Å². The fraction of sp³-hybridized carbons (Fsp3) is 0.188. The number of carbonyl (C=O) groups is 1. The molecule has 0 spiro atoms. The molecule has 2 rings (SSSR count). The van der Waals surface area contributed by atoms with Crippen LogP contribution in [-0.4, -0.2) is 24.8 Å². The first-order chi connectivity index (χ1) is 11.0. The summed E-state index contributed by atoms with van der Waals surface area (Å²) < 4.78 is 32.0. The number of hydrogen-bond acceptors (Lipinski definition) is 3. The van der Waals surface area contributed by atoms with Crippen molar-refractivity contribution in [2.45, 2.75) is 6.10 Å². The maximum absolute atomic E-state index is 13.6. The van der Waals surface area contributed by atoms with Crippen LogP contribution in [-0.2, 0) is 0 Å². The van der Waals surface area contributed by atoms with Gasteiger partial charge in [-0.15, -0.1) is 0 Å². The summed E-state index contributed by atoms with van der Waals surface area (Å²) in [5.41, 5.74) is 0.00240. The summed E-state index contributed by atoms with van der Waals surface area (Å²) >= 11 is 0. The van der Waals surface area contributed by atoms with Gasteiger partial charge in [-0.1, -0.05) is 18.2 Å². The third kappa shape index (κ3) is 4.40. The number of amides is 2. The highest BCUT2D eigenvalue weighted by atomic mass is 19.1. The van der Waals surface area contributed by atoms with Crippen LogP contribution < -0.4 is 15.4 Å². The Morgan fingerprint density at radius 2 is 1.96 bits per heavy atom. The molecule has 0 aromatic heterocycles. The van der Waals surface area contributed by atoms with Gasteiger partial charge in [0.2, 0.25) is 0 Å². The highest BCUT2D eigenvalue weighted by Gasteiger charge is 2.14. The van der Waals surface area contributed by atoms with Gasteiger partial charge in [0, 0.05) is 18.2 Å². The van der Waals surface area contributed by atoms with Crippen LogP contribution in [0.4, 0.5) is 19.3 Å². The average Bonchev–Trinajstić information content (AvgIpc) is 2.55. The third-order valence-electron chi connectivity index (χ3n) is 3.14. The number of aliphatic hydroxyl groups excluding tert-OH is 1. The minimum Gasteiger partial charge on any atom is -0.497 e. The lowest BCUT2D eigenvalue weighted by atomic mass is 10.1. The molecule has 0 aliphatic rings. The fourth-order valence-corrected chi connectivity index (χ4v) is 1.94. The van der Waals surface area contributed by atoms with E-state index in [4.69, 9.17) is 4.74 Å². The molecule has 0 aliphatic heterocycles. The van der Waals surface area contributed by atoms with E-state index in [1.165, 1.54) is 37.4 Å².